The topological polar surface area (TPSA) is 61.3 Å². The number of methoxy groups -OCH3 is 1. The van der Waals surface area contributed by atoms with Crippen molar-refractivity contribution in [3.05, 3.63) is 54.0 Å². The minimum Gasteiger partial charge on any atom is -0.481 e. The predicted molar refractivity (Wildman–Crippen MR) is 94.4 cm³/mol. The highest BCUT2D eigenvalue weighted by Gasteiger charge is 2.51. The average molecular weight is 340 g/mol. The first-order valence-electron chi connectivity index (χ1n) is 8.59. The van der Waals surface area contributed by atoms with Gasteiger partial charge in [0.25, 0.3) is 0 Å². The molecule has 1 fully saturated rings. The summed E-state index contributed by atoms with van der Waals surface area (Å²) in [5, 5.41) is 0. The van der Waals surface area contributed by atoms with Crippen molar-refractivity contribution in [3.63, 3.8) is 0 Å². The van der Waals surface area contributed by atoms with Crippen molar-refractivity contribution in [1.29, 1.82) is 0 Å². The van der Waals surface area contributed by atoms with Crippen LogP contribution in [0, 0.1) is 5.41 Å². The van der Waals surface area contributed by atoms with Gasteiger partial charge in [0.05, 0.1) is 7.11 Å². The highest BCUT2D eigenvalue weighted by atomic mass is 16.5. The van der Waals surface area contributed by atoms with Gasteiger partial charge in [-0.05, 0) is 36.0 Å². The lowest BCUT2D eigenvalue weighted by Crippen LogP contribution is -2.49. The van der Waals surface area contributed by atoms with E-state index in [-0.39, 0.29) is 17.5 Å². The van der Waals surface area contributed by atoms with Crippen LogP contribution in [0.1, 0.15) is 43.7 Å². The molecule has 0 amide bonds. The summed E-state index contributed by atoms with van der Waals surface area (Å²) in [4.78, 5) is 20.5. The first-order chi connectivity index (χ1) is 12.0. The van der Waals surface area contributed by atoms with Gasteiger partial charge in [-0.15, -0.1) is 0 Å². The third-order valence-electron chi connectivity index (χ3n) is 5.16. The van der Waals surface area contributed by atoms with Crippen LogP contribution in [0.2, 0.25) is 0 Å². The molecule has 0 unspecified atom stereocenters. The minimum atomic E-state index is -0.154. The van der Waals surface area contributed by atoms with Crippen LogP contribution in [0.3, 0.4) is 0 Å². The third-order valence-corrected chi connectivity index (χ3v) is 5.16. The molecule has 1 aliphatic rings. The summed E-state index contributed by atoms with van der Waals surface area (Å²) in [6.07, 6.45) is 7.21. The first kappa shape index (κ1) is 17.4. The van der Waals surface area contributed by atoms with Crippen LogP contribution in [0.5, 0.6) is 5.88 Å². The zero-order chi connectivity index (χ0) is 17.9. The zero-order valence-electron chi connectivity index (χ0n) is 14.9. The van der Waals surface area contributed by atoms with Gasteiger partial charge in [0.2, 0.25) is 5.88 Å². The van der Waals surface area contributed by atoms with E-state index >= 15 is 0 Å². The molecule has 3 rings (SSSR count). The zero-order valence-corrected chi connectivity index (χ0v) is 14.9. The number of nitrogens with zero attached hydrogens (tertiary/aromatic N) is 2. The van der Waals surface area contributed by atoms with E-state index in [1.807, 2.05) is 18.3 Å². The van der Waals surface area contributed by atoms with Crippen LogP contribution in [-0.2, 0) is 16.0 Å². The minimum absolute atomic E-state index is 0.0424. The summed E-state index contributed by atoms with van der Waals surface area (Å²) in [7, 11) is 1.58. The Hall–Kier alpha value is -2.43. The fraction of sp³-hybridized carbons (Fsp3) is 0.450. The van der Waals surface area contributed by atoms with Crippen molar-refractivity contribution in [2.75, 3.05) is 7.11 Å². The second kappa shape index (κ2) is 7.21. The quantitative estimate of drug-likeness (QED) is 0.753. The van der Waals surface area contributed by atoms with E-state index in [0.717, 1.165) is 12.0 Å². The van der Waals surface area contributed by atoms with E-state index < -0.39 is 0 Å². The Morgan fingerprint density at radius 3 is 2.72 bits per heavy atom. The van der Waals surface area contributed by atoms with Gasteiger partial charge >= 0.3 is 5.97 Å². The van der Waals surface area contributed by atoms with Gasteiger partial charge in [-0.1, -0.05) is 26.0 Å². The molecule has 1 saturated carbocycles. The predicted octanol–water partition coefficient (Wildman–Crippen LogP) is 3.54. The normalized spacial score (nSPS) is 21.2. The summed E-state index contributed by atoms with van der Waals surface area (Å²) in [6.45, 7) is 4.30. The van der Waals surface area contributed by atoms with E-state index in [2.05, 4.69) is 29.9 Å². The number of carbonyl (C=O) groups is 1. The Balaban J connectivity index is 1.50. The van der Waals surface area contributed by atoms with Gasteiger partial charge in [0.1, 0.15) is 6.10 Å². The standard InChI is InChI=1S/C20H24N2O3/c1-20(2)16(15-5-4-10-21-13-15)11-17(20)25-19(23)9-7-14-6-8-18(24-3)22-12-14/h4-6,8,10,12-13,16-17H,7,9,11H2,1-3H3/t16-,17-/m1/s1. The fourth-order valence-corrected chi connectivity index (χ4v) is 3.38. The molecule has 0 spiro atoms. The third kappa shape index (κ3) is 3.81. The second-order valence-corrected chi connectivity index (χ2v) is 7.08. The largest absolute Gasteiger partial charge is 0.481 e. The SMILES string of the molecule is COc1ccc(CCC(=O)O[C@@H]2C[C@H](c3cccnc3)C2(C)C)cn1. The molecule has 5 nitrogen and oxygen atoms in total. The molecule has 0 aromatic carbocycles. The van der Waals surface area contributed by atoms with E-state index in [1.54, 1.807) is 25.6 Å². The summed E-state index contributed by atoms with van der Waals surface area (Å²) in [6, 6.07) is 7.76. The van der Waals surface area contributed by atoms with E-state index in [9.17, 15) is 4.79 Å². The molecule has 1 aliphatic carbocycles. The van der Waals surface area contributed by atoms with Gasteiger partial charge in [-0.25, -0.2) is 4.98 Å². The number of aryl methyl sites for hydroxylation is 1. The van der Waals surface area contributed by atoms with Crippen LogP contribution >= 0.6 is 0 Å². The van der Waals surface area contributed by atoms with E-state index in [0.29, 0.717) is 24.6 Å². The Bertz CT molecular complexity index is 713. The monoisotopic (exact) mass is 340 g/mol. The molecule has 2 aromatic heterocycles. The second-order valence-electron chi connectivity index (χ2n) is 7.08. The van der Waals surface area contributed by atoms with Crippen molar-refractivity contribution in [2.45, 2.75) is 45.1 Å². The number of hydrogen-bond acceptors (Lipinski definition) is 5. The van der Waals surface area contributed by atoms with Crippen LogP contribution in [0.4, 0.5) is 0 Å². The smallest absolute Gasteiger partial charge is 0.306 e. The summed E-state index contributed by atoms with van der Waals surface area (Å²) < 4.78 is 10.7. The van der Waals surface area contributed by atoms with Crippen molar-refractivity contribution in [2.24, 2.45) is 5.41 Å². The molecule has 2 atom stereocenters. The van der Waals surface area contributed by atoms with Crippen molar-refractivity contribution in [1.82, 2.24) is 9.97 Å². The van der Waals surface area contributed by atoms with Gasteiger partial charge in [-0.2, -0.15) is 0 Å². The number of carbonyl (C=O) groups excluding carboxylic acids is 1. The number of ether oxygens (including phenoxy) is 2. The molecule has 25 heavy (non-hydrogen) atoms. The fourth-order valence-electron chi connectivity index (χ4n) is 3.38. The molecule has 0 bridgehead atoms. The molecule has 5 heteroatoms. The van der Waals surface area contributed by atoms with E-state index in [1.165, 1.54) is 5.56 Å². The molecular weight excluding hydrogens is 316 g/mol. The van der Waals surface area contributed by atoms with Gasteiger partial charge < -0.3 is 9.47 Å². The highest BCUT2D eigenvalue weighted by Crippen LogP contribution is 2.53. The summed E-state index contributed by atoms with van der Waals surface area (Å²) >= 11 is 0. The number of hydrogen-bond donors (Lipinski definition) is 0. The van der Waals surface area contributed by atoms with Crippen molar-refractivity contribution >= 4 is 5.97 Å². The van der Waals surface area contributed by atoms with Crippen LogP contribution in [0.25, 0.3) is 0 Å². The van der Waals surface area contributed by atoms with Crippen LogP contribution in [-0.4, -0.2) is 29.2 Å². The molecule has 0 saturated heterocycles. The maximum atomic E-state index is 12.2. The van der Waals surface area contributed by atoms with Gasteiger partial charge in [0.15, 0.2) is 0 Å². The molecule has 132 valence electrons. The maximum Gasteiger partial charge on any atom is 0.306 e. The Kier molecular flexibility index (Phi) is 5.02. The summed E-state index contributed by atoms with van der Waals surface area (Å²) in [5.41, 5.74) is 2.14. The molecule has 0 radical (unpaired) electrons. The maximum absolute atomic E-state index is 12.2. The molecule has 2 aromatic rings. The Morgan fingerprint density at radius 1 is 1.28 bits per heavy atom. The number of pyridine rings is 2. The molecule has 0 N–H and O–H groups in total. The lowest BCUT2D eigenvalue weighted by atomic mass is 9.58. The van der Waals surface area contributed by atoms with Crippen LogP contribution in [0.15, 0.2) is 42.9 Å². The Morgan fingerprint density at radius 2 is 2.12 bits per heavy atom. The van der Waals surface area contributed by atoms with Gasteiger partial charge in [0, 0.05) is 36.5 Å². The molecule has 0 aliphatic heterocycles. The molecular formula is C20H24N2O3. The highest BCUT2D eigenvalue weighted by molar-refractivity contribution is 5.70. The molecule has 2 heterocycles. The number of aromatic nitrogens is 2. The van der Waals surface area contributed by atoms with Crippen LogP contribution < -0.4 is 4.74 Å². The number of esters is 1. The van der Waals surface area contributed by atoms with Crippen molar-refractivity contribution in [3.8, 4) is 5.88 Å². The van der Waals surface area contributed by atoms with E-state index in [4.69, 9.17) is 9.47 Å². The number of rotatable bonds is 6. The lowest BCUT2D eigenvalue weighted by Gasteiger charge is -2.51. The van der Waals surface area contributed by atoms with Gasteiger partial charge in [-0.3, -0.25) is 9.78 Å². The lowest BCUT2D eigenvalue weighted by molar-refractivity contribution is -0.169. The first-order valence-corrected chi connectivity index (χ1v) is 8.59. The Labute approximate surface area is 148 Å². The average Bonchev–Trinajstić information content (AvgIpc) is 2.64. The summed E-state index contributed by atoms with van der Waals surface area (Å²) in [5.74, 6) is 0.798. The van der Waals surface area contributed by atoms with Crippen molar-refractivity contribution < 1.29 is 14.3 Å².